The van der Waals surface area contributed by atoms with Crippen LogP contribution in [0, 0.1) is 0 Å². The van der Waals surface area contributed by atoms with Crippen LogP contribution in [0.2, 0.25) is 5.02 Å². The van der Waals surface area contributed by atoms with Crippen LogP contribution >= 0.6 is 11.6 Å². The largest absolute Gasteiger partial charge is 0.369 e. The third kappa shape index (κ3) is 5.25. The van der Waals surface area contributed by atoms with Crippen LogP contribution < -0.4 is 10.2 Å². The lowest BCUT2D eigenvalue weighted by Crippen LogP contribution is -2.23. The van der Waals surface area contributed by atoms with Crippen molar-refractivity contribution in [3.63, 3.8) is 0 Å². The molecule has 1 amide bonds. The maximum atomic E-state index is 12.9. The van der Waals surface area contributed by atoms with E-state index in [0.29, 0.717) is 12.2 Å². The van der Waals surface area contributed by atoms with E-state index in [1.54, 1.807) is 0 Å². The fourth-order valence-electron chi connectivity index (χ4n) is 3.09. The Kier molecular flexibility index (Phi) is 7.00. The smallest absolute Gasteiger partial charge is 0.255 e. The molecule has 0 unspecified atom stereocenters. The molecule has 0 aliphatic carbocycles. The molecule has 0 heterocycles. The van der Waals surface area contributed by atoms with Crippen LogP contribution in [-0.2, 0) is 16.6 Å². The molecule has 0 aromatic heterocycles. The molecule has 6 nitrogen and oxygen atoms in total. The first-order valence-corrected chi connectivity index (χ1v) is 11.4. The molecule has 0 saturated carbocycles. The van der Waals surface area contributed by atoms with Crippen LogP contribution in [0.25, 0.3) is 0 Å². The van der Waals surface area contributed by atoms with Gasteiger partial charge in [-0.3, -0.25) is 4.79 Å². The maximum absolute atomic E-state index is 12.9. The molecular weight excluding hydrogens is 434 g/mol. The summed E-state index contributed by atoms with van der Waals surface area (Å²) in [6.07, 6.45) is 0. The summed E-state index contributed by atoms with van der Waals surface area (Å²) in [4.78, 5) is 14.9. The topological polar surface area (TPSA) is 69.7 Å². The highest BCUT2D eigenvalue weighted by molar-refractivity contribution is 7.89. The number of halogens is 1. The molecule has 3 aromatic carbocycles. The van der Waals surface area contributed by atoms with Crippen LogP contribution in [0.3, 0.4) is 0 Å². The Labute approximate surface area is 188 Å². The highest BCUT2D eigenvalue weighted by Gasteiger charge is 2.23. The Balaban J connectivity index is 1.86. The fourth-order valence-corrected chi connectivity index (χ4v) is 4.48. The number of nitrogens with one attached hydrogen (secondary N) is 1. The zero-order valence-electron chi connectivity index (χ0n) is 17.5. The van der Waals surface area contributed by atoms with E-state index in [2.05, 4.69) is 5.32 Å². The monoisotopic (exact) mass is 457 g/mol. The zero-order chi connectivity index (χ0) is 22.6. The lowest BCUT2D eigenvalue weighted by atomic mass is 10.1. The molecule has 0 aliphatic heterocycles. The molecule has 0 bridgehead atoms. The Morgan fingerprint density at radius 2 is 1.58 bits per heavy atom. The number of hydrogen-bond donors (Lipinski definition) is 1. The third-order valence-electron chi connectivity index (χ3n) is 4.78. The summed E-state index contributed by atoms with van der Waals surface area (Å²) in [7, 11) is 0.995. The molecule has 3 aromatic rings. The summed E-state index contributed by atoms with van der Waals surface area (Å²) in [5.74, 6) is -0.424. The fraction of sp³-hybridized carbons (Fsp3) is 0.174. The van der Waals surface area contributed by atoms with E-state index in [9.17, 15) is 13.2 Å². The highest BCUT2D eigenvalue weighted by atomic mass is 35.5. The quantitative estimate of drug-likeness (QED) is 0.568. The summed E-state index contributed by atoms with van der Waals surface area (Å²) >= 11 is 6.09. The van der Waals surface area contributed by atoms with Crippen molar-refractivity contribution in [3.8, 4) is 0 Å². The van der Waals surface area contributed by atoms with Crippen molar-refractivity contribution in [2.45, 2.75) is 11.4 Å². The molecule has 0 aliphatic rings. The molecule has 0 atom stereocenters. The van der Waals surface area contributed by atoms with Crippen LogP contribution in [0.1, 0.15) is 15.9 Å². The molecule has 8 heteroatoms. The Morgan fingerprint density at radius 1 is 0.935 bits per heavy atom. The van der Waals surface area contributed by atoms with Gasteiger partial charge in [-0.25, -0.2) is 12.7 Å². The highest BCUT2D eigenvalue weighted by Crippen LogP contribution is 2.28. The van der Waals surface area contributed by atoms with Crippen molar-refractivity contribution < 1.29 is 13.2 Å². The summed E-state index contributed by atoms with van der Waals surface area (Å²) in [5.41, 5.74) is 2.81. The standard InChI is InChI=1S/C23H24ClN3O3S/c1-26(2)31(29,30)22-15-18(13-14-19(22)24)23(28)25-20-11-7-8-12-21(20)27(3)16-17-9-5-4-6-10-17/h4-15H,16H2,1-3H3,(H,25,28). The number of rotatable bonds is 7. The lowest BCUT2D eigenvalue weighted by molar-refractivity contribution is 0.102. The molecule has 0 fully saturated rings. The SMILES string of the molecule is CN(Cc1ccccc1)c1ccccc1NC(=O)c1ccc(Cl)c(S(=O)(=O)N(C)C)c1. The van der Waals surface area contributed by atoms with E-state index in [-0.39, 0.29) is 15.5 Å². The number of nitrogens with zero attached hydrogens (tertiary/aromatic N) is 2. The normalized spacial score (nSPS) is 11.4. The van der Waals surface area contributed by atoms with E-state index in [1.807, 2.05) is 66.5 Å². The lowest BCUT2D eigenvalue weighted by Gasteiger charge is -2.23. The molecule has 0 radical (unpaired) electrons. The van der Waals surface area contributed by atoms with Gasteiger partial charge in [-0.15, -0.1) is 0 Å². The summed E-state index contributed by atoms with van der Waals surface area (Å²) < 4.78 is 26.1. The predicted molar refractivity (Wildman–Crippen MR) is 125 cm³/mol. The minimum Gasteiger partial charge on any atom is -0.369 e. The van der Waals surface area contributed by atoms with Crippen LogP contribution in [0.5, 0.6) is 0 Å². The van der Waals surface area contributed by atoms with Gasteiger partial charge in [-0.1, -0.05) is 54.1 Å². The second-order valence-electron chi connectivity index (χ2n) is 7.25. The van der Waals surface area contributed by atoms with Gasteiger partial charge in [0.05, 0.1) is 16.4 Å². The van der Waals surface area contributed by atoms with Gasteiger partial charge in [0.2, 0.25) is 10.0 Å². The number of carbonyl (C=O) groups excluding carboxylic acids is 1. The number of amides is 1. The average Bonchev–Trinajstić information content (AvgIpc) is 2.74. The molecule has 162 valence electrons. The van der Waals surface area contributed by atoms with E-state index >= 15 is 0 Å². The number of carbonyl (C=O) groups is 1. The van der Waals surface area contributed by atoms with Crippen molar-refractivity contribution in [2.75, 3.05) is 31.4 Å². The molecule has 0 saturated heterocycles. The molecule has 31 heavy (non-hydrogen) atoms. The van der Waals surface area contributed by atoms with Gasteiger partial charge in [-0.2, -0.15) is 0 Å². The number of hydrogen-bond acceptors (Lipinski definition) is 4. The van der Waals surface area contributed by atoms with Gasteiger partial charge >= 0.3 is 0 Å². The summed E-state index contributed by atoms with van der Waals surface area (Å²) in [5, 5.41) is 2.95. The zero-order valence-corrected chi connectivity index (χ0v) is 19.1. The molecule has 1 N–H and O–H groups in total. The van der Waals surface area contributed by atoms with Gasteiger partial charge < -0.3 is 10.2 Å². The Hall–Kier alpha value is -2.87. The molecule has 3 rings (SSSR count). The first kappa shape index (κ1) is 22.8. The molecule has 0 spiro atoms. The van der Waals surface area contributed by atoms with E-state index < -0.39 is 15.9 Å². The minimum absolute atomic E-state index is 0.0632. The number of sulfonamides is 1. The average molecular weight is 458 g/mol. The van der Waals surface area contributed by atoms with Gasteiger partial charge in [0, 0.05) is 33.3 Å². The second kappa shape index (κ2) is 9.51. The second-order valence-corrected chi connectivity index (χ2v) is 9.77. The van der Waals surface area contributed by atoms with E-state index in [1.165, 1.54) is 32.3 Å². The first-order chi connectivity index (χ1) is 14.7. The number of para-hydroxylation sites is 2. The summed E-state index contributed by atoms with van der Waals surface area (Å²) in [6.45, 7) is 0.667. The van der Waals surface area contributed by atoms with Crippen LogP contribution in [0.15, 0.2) is 77.7 Å². The van der Waals surface area contributed by atoms with Crippen LogP contribution in [0.4, 0.5) is 11.4 Å². The van der Waals surface area contributed by atoms with Crippen LogP contribution in [-0.4, -0.2) is 39.8 Å². The Bertz CT molecular complexity index is 1180. The first-order valence-electron chi connectivity index (χ1n) is 9.57. The van der Waals surface area contributed by atoms with E-state index in [4.69, 9.17) is 11.6 Å². The minimum atomic E-state index is -3.78. The van der Waals surface area contributed by atoms with Crippen molar-refractivity contribution >= 4 is 38.9 Å². The Morgan fingerprint density at radius 3 is 2.26 bits per heavy atom. The van der Waals surface area contributed by atoms with Gasteiger partial charge in [0.15, 0.2) is 0 Å². The van der Waals surface area contributed by atoms with Gasteiger partial charge in [0.25, 0.3) is 5.91 Å². The van der Waals surface area contributed by atoms with Crippen molar-refractivity contribution in [2.24, 2.45) is 0 Å². The number of benzene rings is 3. The van der Waals surface area contributed by atoms with E-state index in [0.717, 1.165) is 15.6 Å². The van der Waals surface area contributed by atoms with Crippen molar-refractivity contribution in [3.05, 3.63) is 88.9 Å². The summed E-state index contributed by atoms with van der Waals surface area (Å²) in [6, 6.07) is 21.7. The van der Waals surface area contributed by atoms with Gasteiger partial charge in [0.1, 0.15) is 4.90 Å². The number of anilines is 2. The maximum Gasteiger partial charge on any atom is 0.255 e. The predicted octanol–water partition coefficient (Wildman–Crippen LogP) is 4.48. The van der Waals surface area contributed by atoms with Crippen molar-refractivity contribution in [1.29, 1.82) is 0 Å². The third-order valence-corrected chi connectivity index (χ3v) is 7.07. The molecular formula is C23H24ClN3O3S. The van der Waals surface area contributed by atoms with Gasteiger partial charge in [-0.05, 0) is 35.9 Å². The van der Waals surface area contributed by atoms with Crippen molar-refractivity contribution in [1.82, 2.24) is 4.31 Å².